The average molecular weight is 245 g/mol. The van der Waals surface area contributed by atoms with Gasteiger partial charge in [0.05, 0.1) is 5.56 Å². The molecule has 2 nitrogen and oxygen atoms in total. The quantitative estimate of drug-likeness (QED) is 0.804. The van der Waals surface area contributed by atoms with Crippen molar-refractivity contribution in [1.82, 2.24) is 0 Å². The molecule has 0 saturated heterocycles. The van der Waals surface area contributed by atoms with Gasteiger partial charge in [-0.3, -0.25) is 0 Å². The van der Waals surface area contributed by atoms with Crippen LogP contribution >= 0.6 is 0 Å². The lowest BCUT2D eigenvalue weighted by Crippen LogP contribution is -2.08. The minimum atomic E-state index is -4.41. The van der Waals surface area contributed by atoms with Crippen LogP contribution in [0.15, 0.2) is 18.7 Å². The highest BCUT2D eigenvalue weighted by Gasteiger charge is 2.31. The summed E-state index contributed by atoms with van der Waals surface area (Å²) < 4.78 is 37.5. The predicted molar refractivity (Wildman–Crippen MR) is 61.3 cm³/mol. The maximum atomic E-state index is 12.5. The number of aliphatic hydroxyl groups excluding tert-OH is 1. The van der Waals surface area contributed by atoms with Gasteiger partial charge in [-0.25, -0.2) is 0 Å². The zero-order valence-electron chi connectivity index (χ0n) is 9.43. The molecule has 0 amide bonds. The Morgan fingerprint density at radius 1 is 1.41 bits per heavy atom. The lowest BCUT2D eigenvalue weighted by Gasteiger charge is -2.15. The van der Waals surface area contributed by atoms with Crippen LogP contribution in [0.5, 0.6) is 0 Å². The fourth-order valence-electron chi connectivity index (χ4n) is 1.72. The molecule has 0 spiro atoms. The molecule has 94 valence electrons. The number of halogens is 3. The van der Waals surface area contributed by atoms with Gasteiger partial charge in [0.15, 0.2) is 0 Å². The van der Waals surface area contributed by atoms with Crippen molar-refractivity contribution in [2.24, 2.45) is 0 Å². The van der Waals surface area contributed by atoms with E-state index in [4.69, 9.17) is 10.8 Å². The van der Waals surface area contributed by atoms with Crippen LogP contribution in [-0.4, -0.2) is 11.7 Å². The second-order valence-corrected chi connectivity index (χ2v) is 3.83. The number of rotatable bonds is 3. The SMILES string of the molecule is C=C(CCO)c1c(C)cc(C(F)(F)F)cc1N. The number of aryl methyl sites for hydroxylation is 1. The van der Waals surface area contributed by atoms with E-state index in [1.165, 1.54) is 0 Å². The first kappa shape index (κ1) is 13.6. The molecule has 0 aliphatic rings. The summed E-state index contributed by atoms with van der Waals surface area (Å²) in [4.78, 5) is 0. The summed E-state index contributed by atoms with van der Waals surface area (Å²) in [6.45, 7) is 5.14. The Hall–Kier alpha value is -1.49. The van der Waals surface area contributed by atoms with Crippen molar-refractivity contribution in [3.05, 3.63) is 35.4 Å². The van der Waals surface area contributed by atoms with E-state index in [-0.39, 0.29) is 18.7 Å². The number of hydrogen-bond acceptors (Lipinski definition) is 2. The standard InChI is InChI=1S/C12H14F3NO/c1-7(3-4-17)11-8(2)5-9(6-10(11)16)12(13,14)15/h5-6,17H,1,3-4,16H2,2H3. The number of hydrogen-bond donors (Lipinski definition) is 2. The Morgan fingerprint density at radius 2 is 2.00 bits per heavy atom. The average Bonchev–Trinajstić information content (AvgIpc) is 2.15. The maximum Gasteiger partial charge on any atom is 0.416 e. The van der Waals surface area contributed by atoms with Gasteiger partial charge in [0, 0.05) is 17.9 Å². The van der Waals surface area contributed by atoms with E-state index < -0.39 is 11.7 Å². The van der Waals surface area contributed by atoms with Crippen molar-refractivity contribution in [3.63, 3.8) is 0 Å². The molecule has 5 heteroatoms. The zero-order chi connectivity index (χ0) is 13.2. The van der Waals surface area contributed by atoms with E-state index in [1.54, 1.807) is 6.92 Å². The molecule has 1 aromatic rings. The number of nitrogens with two attached hydrogens (primary N) is 1. The van der Waals surface area contributed by atoms with Crippen molar-refractivity contribution in [3.8, 4) is 0 Å². The van der Waals surface area contributed by atoms with Gasteiger partial charge in [-0.05, 0) is 36.6 Å². The summed E-state index contributed by atoms with van der Waals surface area (Å²) >= 11 is 0. The third kappa shape index (κ3) is 3.00. The second-order valence-electron chi connectivity index (χ2n) is 3.83. The lowest BCUT2D eigenvalue weighted by molar-refractivity contribution is -0.137. The molecule has 0 unspecified atom stereocenters. The van der Waals surface area contributed by atoms with E-state index in [1.807, 2.05) is 0 Å². The normalized spacial score (nSPS) is 11.6. The zero-order valence-corrected chi connectivity index (χ0v) is 9.43. The molecule has 0 bridgehead atoms. The second kappa shape index (κ2) is 4.79. The van der Waals surface area contributed by atoms with Crippen LogP contribution in [0.2, 0.25) is 0 Å². The monoisotopic (exact) mass is 245 g/mol. The first-order valence-corrected chi connectivity index (χ1v) is 5.03. The highest BCUT2D eigenvalue weighted by Crippen LogP contribution is 2.35. The van der Waals surface area contributed by atoms with E-state index in [9.17, 15) is 13.2 Å². The molecule has 0 radical (unpaired) electrons. The van der Waals surface area contributed by atoms with Gasteiger partial charge in [-0.15, -0.1) is 0 Å². The Balaban J connectivity index is 3.25. The van der Waals surface area contributed by atoms with Gasteiger partial charge >= 0.3 is 6.18 Å². The highest BCUT2D eigenvalue weighted by molar-refractivity contribution is 5.76. The largest absolute Gasteiger partial charge is 0.416 e. The Kier molecular flexibility index (Phi) is 3.83. The third-order valence-electron chi connectivity index (χ3n) is 2.46. The molecule has 17 heavy (non-hydrogen) atoms. The topological polar surface area (TPSA) is 46.2 Å². The van der Waals surface area contributed by atoms with Crippen LogP contribution in [-0.2, 0) is 6.18 Å². The van der Waals surface area contributed by atoms with Crippen LogP contribution in [0.3, 0.4) is 0 Å². The van der Waals surface area contributed by atoms with Crippen molar-refractivity contribution in [1.29, 1.82) is 0 Å². The number of benzene rings is 1. The Bertz CT molecular complexity index is 415. The summed E-state index contributed by atoms with van der Waals surface area (Å²) in [5, 5.41) is 8.78. The van der Waals surface area contributed by atoms with Crippen LogP contribution in [0, 0.1) is 6.92 Å². The minimum Gasteiger partial charge on any atom is -0.398 e. The molecule has 1 rings (SSSR count). The van der Waals surface area contributed by atoms with Gasteiger partial charge in [-0.2, -0.15) is 13.2 Å². The molecule has 1 aromatic carbocycles. The lowest BCUT2D eigenvalue weighted by atomic mass is 9.95. The molecule has 3 N–H and O–H groups in total. The van der Waals surface area contributed by atoms with E-state index in [0.717, 1.165) is 12.1 Å². The minimum absolute atomic E-state index is 0.0378. The van der Waals surface area contributed by atoms with Crippen molar-refractivity contribution < 1.29 is 18.3 Å². The van der Waals surface area contributed by atoms with Crippen molar-refractivity contribution in [2.45, 2.75) is 19.5 Å². The van der Waals surface area contributed by atoms with Crippen molar-refractivity contribution >= 4 is 11.3 Å². The summed E-state index contributed by atoms with van der Waals surface area (Å²) in [6, 6.07) is 1.93. The van der Waals surface area contributed by atoms with Crippen LogP contribution in [0.1, 0.15) is 23.1 Å². The molecule has 0 aliphatic heterocycles. The van der Waals surface area contributed by atoms with Crippen LogP contribution in [0.25, 0.3) is 5.57 Å². The summed E-state index contributed by atoms with van der Waals surface area (Å²) in [5.74, 6) is 0. The van der Waals surface area contributed by atoms with Crippen LogP contribution in [0.4, 0.5) is 18.9 Å². The fourth-order valence-corrected chi connectivity index (χ4v) is 1.72. The number of nitrogen functional groups attached to an aromatic ring is 1. The molecule has 0 aromatic heterocycles. The highest BCUT2D eigenvalue weighted by atomic mass is 19.4. The molecule has 0 saturated carbocycles. The molecular weight excluding hydrogens is 231 g/mol. The van der Waals surface area contributed by atoms with Crippen molar-refractivity contribution in [2.75, 3.05) is 12.3 Å². The molecular formula is C12H14F3NO. The van der Waals surface area contributed by atoms with Gasteiger partial charge in [0.1, 0.15) is 0 Å². The number of alkyl halides is 3. The summed E-state index contributed by atoms with van der Waals surface area (Å²) in [7, 11) is 0. The summed E-state index contributed by atoms with van der Waals surface area (Å²) in [6.07, 6.45) is -4.12. The maximum absolute atomic E-state index is 12.5. The van der Waals surface area contributed by atoms with E-state index in [2.05, 4.69) is 6.58 Å². The van der Waals surface area contributed by atoms with E-state index in [0.29, 0.717) is 16.7 Å². The smallest absolute Gasteiger partial charge is 0.398 e. The molecule has 0 heterocycles. The third-order valence-corrected chi connectivity index (χ3v) is 2.46. The fraction of sp³-hybridized carbons (Fsp3) is 0.333. The summed E-state index contributed by atoms with van der Waals surface area (Å²) in [5.41, 5.74) is 6.32. The molecule has 0 fully saturated rings. The van der Waals surface area contributed by atoms with E-state index >= 15 is 0 Å². The van der Waals surface area contributed by atoms with Gasteiger partial charge in [0.2, 0.25) is 0 Å². The van der Waals surface area contributed by atoms with Crippen LogP contribution < -0.4 is 5.73 Å². The molecule has 0 aliphatic carbocycles. The van der Waals surface area contributed by atoms with Gasteiger partial charge < -0.3 is 10.8 Å². The molecule has 0 atom stereocenters. The van der Waals surface area contributed by atoms with Gasteiger partial charge in [0.25, 0.3) is 0 Å². The number of anilines is 1. The number of aliphatic hydroxyl groups is 1. The first-order chi connectivity index (χ1) is 7.77. The first-order valence-electron chi connectivity index (χ1n) is 5.03. The Morgan fingerprint density at radius 3 is 2.41 bits per heavy atom. The predicted octanol–water partition coefficient (Wildman–Crippen LogP) is 2.99. The Labute approximate surface area is 97.6 Å². The van der Waals surface area contributed by atoms with Gasteiger partial charge in [-0.1, -0.05) is 6.58 Å².